The summed E-state index contributed by atoms with van der Waals surface area (Å²) in [6.07, 6.45) is 0. The van der Waals surface area contributed by atoms with Crippen molar-refractivity contribution in [1.29, 1.82) is 0 Å². The lowest BCUT2D eigenvalue weighted by Crippen LogP contribution is -2.23. The van der Waals surface area contributed by atoms with Gasteiger partial charge in [-0.05, 0) is 19.1 Å². The van der Waals surface area contributed by atoms with Gasteiger partial charge in [-0.1, -0.05) is 12.1 Å². The molecular formula is C11H13NO5S. The van der Waals surface area contributed by atoms with Crippen LogP contribution in [0.5, 0.6) is 0 Å². The number of anilines is 1. The molecule has 1 aromatic carbocycles. The van der Waals surface area contributed by atoms with Crippen LogP contribution in [0.25, 0.3) is 0 Å². The first-order valence-corrected chi connectivity index (χ1v) is 6.67. The van der Waals surface area contributed by atoms with E-state index in [1.165, 1.54) is 19.1 Å². The molecule has 0 saturated heterocycles. The van der Waals surface area contributed by atoms with Crippen LogP contribution in [-0.2, 0) is 19.6 Å². The van der Waals surface area contributed by atoms with Crippen LogP contribution in [-0.4, -0.2) is 33.0 Å². The summed E-state index contributed by atoms with van der Waals surface area (Å²) < 4.78 is 29.6. The van der Waals surface area contributed by atoms with Crippen LogP contribution in [0.2, 0.25) is 0 Å². The maximum Gasteiger partial charge on any atom is 0.322 e. The van der Waals surface area contributed by atoms with Gasteiger partial charge in [0.15, 0.2) is 11.5 Å². The fourth-order valence-electron chi connectivity index (χ4n) is 1.23. The molecule has 0 heterocycles. The number of carbonyl (C=O) groups is 2. The molecule has 0 aliphatic carbocycles. The van der Waals surface area contributed by atoms with Crippen molar-refractivity contribution >= 4 is 27.5 Å². The van der Waals surface area contributed by atoms with Gasteiger partial charge in [-0.15, -0.1) is 0 Å². The molecule has 0 spiro atoms. The standard InChI is InChI=1S/C11H13NO5S/c1-8(13)9-4-3-5-10(6-9)12-18(15,16)7-11(14)17-2/h3-6,12H,7H2,1-2H3. The SMILES string of the molecule is COC(=O)CS(=O)(=O)Nc1cccc(C(C)=O)c1. The zero-order valence-corrected chi connectivity index (χ0v) is 10.8. The van der Waals surface area contributed by atoms with Crippen LogP contribution in [0.4, 0.5) is 5.69 Å². The molecule has 0 saturated carbocycles. The molecule has 0 atom stereocenters. The third-order valence-corrected chi connectivity index (χ3v) is 3.24. The van der Waals surface area contributed by atoms with E-state index < -0.39 is 21.7 Å². The first kappa shape index (κ1) is 14.2. The number of esters is 1. The minimum Gasteiger partial charge on any atom is -0.468 e. The molecule has 0 bridgehead atoms. The van der Waals surface area contributed by atoms with E-state index in [4.69, 9.17) is 0 Å². The van der Waals surface area contributed by atoms with Gasteiger partial charge in [0.1, 0.15) is 0 Å². The Morgan fingerprint density at radius 1 is 1.33 bits per heavy atom. The number of sulfonamides is 1. The maximum atomic E-state index is 11.6. The molecule has 1 rings (SSSR count). The normalized spacial score (nSPS) is 10.8. The number of ether oxygens (including phenoxy) is 1. The number of rotatable bonds is 5. The number of methoxy groups -OCH3 is 1. The summed E-state index contributed by atoms with van der Waals surface area (Å²) >= 11 is 0. The summed E-state index contributed by atoms with van der Waals surface area (Å²) in [6.45, 7) is 1.38. The topological polar surface area (TPSA) is 89.5 Å². The highest BCUT2D eigenvalue weighted by atomic mass is 32.2. The lowest BCUT2D eigenvalue weighted by atomic mass is 10.1. The van der Waals surface area contributed by atoms with Crippen molar-refractivity contribution in [2.45, 2.75) is 6.92 Å². The number of benzene rings is 1. The van der Waals surface area contributed by atoms with Gasteiger partial charge >= 0.3 is 5.97 Å². The van der Waals surface area contributed by atoms with Crippen LogP contribution < -0.4 is 4.72 Å². The van der Waals surface area contributed by atoms with Gasteiger partial charge < -0.3 is 4.74 Å². The lowest BCUT2D eigenvalue weighted by molar-refractivity contribution is -0.137. The van der Waals surface area contributed by atoms with Crippen LogP contribution >= 0.6 is 0 Å². The summed E-state index contributed by atoms with van der Waals surface area (Å²) in [4.78, 5) is 22.0. The van der Waals surface area contributed by atoms with Crippen molar-refractivity contribution in [3.8, 4) is 0 Å². The fraction of sp³-hybridized carbons (Fsp3) is 0.273. The van der Waals surface area contributed by atoms with E-state index in [2.05, 4.69) is 9.46 Å². The van der Waals surface area contributed by atoms with E-state index in [1.54, 1.807) is 12.1 Å². The molecule has 1 aromatic rings. The second kappa shape index (κ2) is 5.63. The summed E-state index contributed by atoms with van der Waals surface area (Å²) in [5.41, 5.74) is 0.611. The Balaban J connectivity index is 2.87. The zero-order valence-electron chi connectivity index (χ0n) is 9.97. The zero-order chi connectivity index (χ0) is 13.8. The molecular weight excluding hydrogens is 258 g/mol. The molecule has 0 aliphatic heterocycles. The number of ketones is 1. The van der Waals surface area contributed by atoms with Gasteiger partial charge in [0.05, 0.1) is 7.11 Å². The molecule has 0 radical (unpaired) electrons. The molecule has 98 valence electrons. The Hall–Kier alpha value is -1.89. The average Bonchev–Trinajstić information content (AvgIpc) is 2.27. The summed E-state index contributed by atoms with van der Waals surface area (Å²) in [6, 6.07) is 6.01. The van der Waals surface area contributed by atoms with E-state index in [1.807, 2.05) is 0 Å². The number of carbonyl (C=O) groups excluding carboxylic acids is 2. The van der Waals surface area contributed by atoms with Crippen molar-refractivity contribution < 1.29 is 22.7 Å². The van der Waals surface area contributed by atoms with Crippen molar-refractivity contribution in [3.05, 3.63) is 29.8 Å². The van der Waals surface area contributed by atoms with Crippen molar-refractivity contribution in [2.24, 2.45) is 0 Å². The van der Waals surface area contributed by atoms with Gasteiger partial charge in [-0.2, -0.15) is 0 Å². The highest BCUT2D eigenvalue weighted by Crippen LogP contribution is 2.13. The molecule has 0 fully saturated rings. The van der Waals surface area contributed by atoms with Crippen molar-refractivity contribution in [3.63, 3.8) is 0 Å². The van der Waals surface area contributed by atoms with Gasteiger partial charge in [0.25, 0.3) is 0 Å². The van der Waals surface area contributed by atoms with E-state index in [9.17, 15) is 18.0 Å². The summed E-state index contributed by atoms with van der Waals surface area (Å²) in [5, 5.41) is 0. The van der Waals surface area contributed by atoms with Gasteiger partial charge in [0, 0.05) is 11.3 Å². The van der Waals surface area contributed by atoms with E-state index in [0.29, 0.717) is 5.56 Å². The number of Topliss-reactive ketones (excluding diaryl/α,β-unsaturated/α-hetero) is 1. The minimum absolute atomic E-state index is 0.177. The van der Waals surface area contributed by atoms with Gasteiger partial charge in [0.2, 0.25) is 10.0 Å². The Labute approximate surface area is 105 Å². The molecule has 1 N–H and O–H groups in total. The first-order chi connectivity index (χ1) is 8.34. The molecule has 0 amide bonds. The summed E-state index contributed by atoms with van der Waals surface area (Å²) in [5.74, 6) is -1.80. The second-order valence-electron chi connectivity index (χ2n) is 3.57. The predicted octanol–water partition coefficient (Wildman–Crippen LogP) is 0.804. The second-order valence-corrected chi connectivity index (χ2v) is 5.30. The average molecular weight is 271 g/mol. The van der Waals surface area contributed by atoms with Crippen molar-refractivity contribution in [2.75, 3.05) is 17.6 Å². The Bertz CT molecular complexity index is 565. The van der Waals surface area contributed by atoms with E-state index in [0.717, 1.165) is 7.11 Å². The summed E-state index contributed by atoms with van der Waals surface area (Å²) in [7, 11) is -2.72. The van der Waals surface area contributed by atoms with E-state index >= 15 is 0 Å². The highest BCUT2D eigenvalue weighted by molar-refractivity contribution is 7.93. The largest absolute Gasteiger partial charge is 0.468 e. The number of hydrogen-bond donors (Lipinski definition) is 1. The van der Waals surface area contributed by atoms with Crippen LogP contribution in [0, 0.1) is 0 Å². The number of hydrogen-bond acceptors (Lipinski definition) is 5. The third kappa shape index (κ3) is 4.17. The monoisotopic (exact) mass is 271 g/mol. The minimum atomic E-state index is -3.82. The molecule has 0 aliphatic rings. The highest BCUT2D eigenvalue weighted by Gasteiger charge is 2.17. The third-order valence-electron chi connectivity index (χ3n) is 2.08. The van der Waals surface area contributed by atoms with E-state index in [-0.39, 0.29) is 11.5 Å². The first-order valence-electron chi connectivity index (χ1n) is 5.02. The fourth-order valence-corrected chi connectivity index (χ4v) is 2.22. The quantitative estimate of drug-likeness (QED) is 0.632. The Morgan fingerprint density at radius 2 is 2.00 bits per heavy atom. The molecule has 6 nitrogen and oxygen atoms in total. The predicted molar refractivity (Wildman–Crippen MR) is 65.9 cm³/mol. The molecule has 18 heavy (non-hydrogen) atoms. The van der Waals surface area contributed by atoms with Crippen molar-refractivity contribution in [1.82, 2.24) is 0 Å². The smallest absolute Gasteiger partial charge is 0.322 e. The van der Waals surface area contributed by atoms with Crippen LogP contribution in [0.1, 0.15) is 17.3 Å². The Kier molecular flexibility index (Phi) is 4.43. The molecule has 7 heteroatoms. The van der Waals surface area contributed by atoms with Crippen LogP contribution in [0.15, 0.2) is 24.3 Å². The Morgan fingerprint density at radius 3 is 2.56 bits per heavy atom. The van der Waals surface area contributed by atoms with Crippen LogP contribution in [0.3, 0.4) is 0 Å². The van der Waals surface area contributed by atoms with Gasteiger partial charge in [-0.3, -0.25) is 14.3 Å². The maximum absolute atomic E-state index is 11.6. The number of nitrogens with one attached hydrogen (secondary N) is 1. The van der Waals surface area contributed by atoms with Gasteiger partial charge in [-0.25, -0.2) is 8.42 Å². The lowest BCUT2D eigenvalue weighted by Gasteiger charge is -2.07. The molecule has 0 aromatic heterocycles. The molecule has 0 unspecified atom stereocenters.